The van der Waals surface area contributed by atoms with Crippen LogP contribution in [0.4, 0.5) is 0 Å². The van der Waals surface area contributed by atoms with E-state index in [4.69, 9.17) is 9.47 Å². The molecule has 6 aliphatic carbocycles. The molecule has 5 bridgehead atoms. The van der Waals surface area contributed by atoms with E-state index in [1.54, 1.807) is 0 Å². The van der Waals surface area contributed by atoms with Gasteiger partial charge >= 0.3 is 0 Å². The second-order valence-corrected chi connectivity index (χ2v) is 11.7. The van der Waals surface area contributed by atoms with Gasteiger partial charge in [0, 0.05) is 11.8 Å². The summed E-state index contributed by atoms with van der Waals surface area (Å²) in [5, 5.41) is 10.3. The number of carbonyl (C=O) groups excluding carboxylic acids is 1. The Morgan fingerprint density at radius 3 is 2.66 bits per heavy atom. The summed E-state index contributed by atoms with van der Waals surface area (Å²) in [7, 11) is 0. The van der Waals surface area contributed by atoms with Crippen LogP contribution in [0.15, 0.2) is 30.3 Å². The summed E-state index contributed by atoms with van der Waals surface area (Å²) in [5.41, 5.74) is -0.364. The normalized spacial score (nSPS) is 71.3. The highest BCUT2D eigenvalue weighted by molar-refractivity contribution is 6.02. The molecule has 2 heterocycles. The highest BCUT2D eigenvalue weighted by Gasteiger charge is 3.05. The third-order valence-corrected chi connectivity index (χ3v) is 12.2. The van der Waals surface area contributed by atoms with E-state index in [-0.39, 0.29) is 35.2 Å². The molecule has 8 fully saturated rings. The highest BCUT2D eigenvalue weighted by Crippen LogP contribution is 2.98. The van der Waals surface area contributed by atoms with Gasteiger partial charge in [-0.15, -0.1) is 0 Å². The summed E-state index contributed by atoms with van der Waals surface area (Å²) >= 11 is 0. The lowest BCUT2D eigenvalue weighted by molar-refractivity contribution is -0.366. The van der Waals surface area contributed by atoms with Gasteiger partial charge in [-0.05, 0) is 60.3 Å². The van der Waals surface area contributed by atoms with Gasteiger partial charge in [0.1, 0.15) is 11.0 Å². The molecule has 0 amide bonds. The Balaban J connectivity index is 1.28. The van der Waals surface area contributed by atoms with Crippen molar-refractivity contribution in [1.29, 1.82) is 5.26 Å². The molecule has 0 N–H and O–H groups in total. The number of benzene rings is 1. The fourth-order valence-corrected chi connectivity index (χ4v) is 12.4. The van der Waals surface area contributed by atoms with Gasteiger partial charge in [0.05, 0.1) is 29.3 Å². The molecule has 9 rings (SSSR count). The van der Waals surface area contributed by atoms with E-state index in [9.17, 15) is 10.1 Å². The number of fused-ring (bicyclic) bond motifs is 7. The van der Waals surface area contributed by atoms with Gasteiger partial charge in [-0.3, -0.25) is 4.79 Å². The molecule has 4 heteroatoms. The molecule has 2 aliphatic heterocycles. The summed E-state index contributed by atoms with van der Waals surface area (Å²) < 4.78 is 13.8. The maximum Gasteiger partial charge on any atom is 0.165 e. The monoisotopic (exact) mass is 383 g/mol. The Kier molecular flexibility index (Phi) is 1.73. The minimum Gasteiger partial charge on any atom is -0.368 e. The van der Waals surface area contributed by atoms with Gasteiger partial charge in [0.2, 0.25) is 0 Å². The molecule has 29 heavy (non-hydrogen) atoms. The third kappa shape index (κ3) is 0.848. The molecule has 14 atom stereocenters. The minimum atomic E-state index is -0.837. The fourth-order valence-electron chi connectivity index (χ4n) is 12.4. The first-order valence-corrected chi connectivity index (χ1v) is 11.6. The first-order chi connectivity index (χ1) is 14.2. The predicted molar refractivity (Wildman–Crippen MR) is 97.9 cm³/mol. The van der Waals surface area contributed by atoms with Crippen LogP contribution in [0.3, 0.4) is 0 Å². The molecule has 0 radical (unpaired) electrons. The Bertz CT molecular complexity index is 1140. The summed E-state index contributed by atoms with van der Waals surface area (Å²) in [6.45, 7) is 0. The average molecular weight is 383 g/mol. The number of hydrogen-bond donors (Lipinski definition) is 0. The lowest BCUT2D eigenvalue weighted by Gasteiger charge is -2.76. The Morgan fingerprint density at radius 2 is 1.83 bits per heavy atom. The molecular formula is C25H21NO3. The second kappa shape index (κ2) is 3.51. The van der Waals surface area contributed by atoms with Gasteiger partial charge in [0.15, 0.2) is 5.78 Å². The molecule has 2 spiro atoms. The summed E-state index contributed by atoms with van der Waals surface area (Å²) in [5.74, 6) is 3.62. The van der Waals surface area contributed by atoms with Crippen LogP contribution < -0.4 is 0 Å². The molecule has 144 valence electrons. The number of rotatable bonds is 1. The Hall–Kier alpha value is -1.70. The second-order valence-electron chi connectivity index (χ2n) is 11.7. The van der Waals surface area contributed by atoms with Crippen molar-refractivity contribution >= 4 is 5.78 Å². The van der Waals surface area contributed by atoms with Crippen molar-refractivity contribution in [3.05, 3.63) is 35.9 Å². The zero-order valence-electron chi connectivity index (χ0n) is 16.0. The molecule has 4 nitrogen and oxygen atoms in total. The molecule has 1 aromatic rings. The average Bonchev–Trinajstić information content (AvgIpc) is 3.37. The van der Waals surface area contributed by atoms with Crippen molar-refractivity contribution in [1.82, 2.24) is 0 Å². The molecule has 0 unspecified atom stereocenters. The number of hydrogen-bond acceptors (Lipinski definition) is 4. The largest absolute Gasteiger partial charge is 0.368 e. The Labute approximate surface area is 168 Å². The molecular weight excluding hydrogens is 362 g/mol. The molecule has 6 saturated carbocycles. The summed E-state index contributed by atoms with van der Waals surface area (Å²) in [6.07, 6.45) is 3.48. The van der Waals surface area contributed by atoms with Gasteiger partial charge < -0.3 is 9.47 Å². The minimum absolute atomic E-state index is 0.114. The number of nitriles is 1. The van der Waals surface area contributed by atoms with Crippen LogP contribution in [0.1, 0.15) is 24.8 Å². The zero-order chi connectivity index (χ0) is 18.7. The van der Waals surface area contributed by atoms with Gasteiger partial charge in [0.25, 0.3) is 0 Å². The van der Waals surface area contributed by atoms with Crippen LogP contribution in [-0.4, -0.2) is 23.6 Å². The van der Waals surface area contributed by atoms with Crippen LogP contribution in [-0.2, 0) is 19.9 Å². The van der Waals surface area contributed by atoms with Crippen LogP contribution >= 0.6 is 0 Å². The van der Waals surface area contributed by atoms with Crippen molar-refractivity contribution < 1.29 is 14.3 Å². The van der Waals surface area contributed by atoms with E-state index in [1.165, 1.54) is 12.0 Å². The summed E-state index contributed by atoms with van der Waals surface area (Å²) in [6, 6.07) is 13.4. The lowest BCUT2D eigenvalue weighted by Crippen LogP contribution is -2.84. The topological polar surface area (TPSA) is 59.3 Å². The van der Waals surface area contributed by atoms with Gasteiger partial charge in [-0.25, -0.2) is 0 Å². The predicted octanol–water partition coefficient (Wildman–Crippen LogP) is 2.68. The van der Waals surface area contributed by atoms with Crippen molar-refractivity contribution in [3.8, 4) is 6.07 Å². The summed E-state index contributed by atoms with van der Waals surface area (Å²) in [4.78, 5) is 14.4. The SMILES string of the molecule is N#C[C@@]12C(=O)[C@@]34[C@@H]5[C@H]6[C@@H](CC[C@@H]51)[C@@H]2O[C@]63[C@H]1C[C@H]2[C@@H]4[C@@H]3O[C@@]2(c2ccccc2)[C@@H]31. The lowest BCUT2D eigenvalue weighted by atomic mass is 9.29. The fraction of sp³-hybridized carbons (Fsp3) is 0.680. The first-order valence-electron chi connectivity index (χ1n) is 11.6. The van der Waals surface area contributed by atoms with E-state index < -0.39 is 10.8 Å². The van der Waals surface area contributed by atoms with Crippen LogP contribution in [0, 0.1) is 69.5 Å². The zero-order valence-corrected chi connectivity index (χ0v) is 16.0. The molecule has 8 aliphatic rings. The van der Waals surface area contributed by atoms with E-state index in [0.29, 0.717) is 41.3 Å². The standard InChI is InChI=1S/C25H21NO3/c26-9-22-12-7-6-11-15-16(12)23(21(22)27)17-13-8-14(25(15,23)29-20(11)22)18-19(17)28-24(13,18)10-4-2-1-3-5-10/h1-5,11-20H,6-8H2/t11-,12+,13+,14+,15-,16+,17-,18-,19+,20+,22-,23+,24-,25-/m1/s1. The van der Waals surface area contributed by atoms with Gasteiger partial charge in [-0.2, -0.15) is 5.26 Å². The van der Waals surface area contributed by atoms with E-state index in [2.05, 4.69) is 36.4 Å². The highest BCUT2D eigenvalue weighted by atomic mass is 16.6. The quantitative estimate of drug-likeness (QED) is 0.748. The number of ketones is 1. The van der Waals surface area contributed by atoms with Gasteiger partial charge in [-0.1, -0.05) is 30.3 Å². The smallest absolute Gasteiger partial charge is 0.165 e. The Morgan fingerprint density at radius 1 is 0.966 bits per heavy atom. The number of ether oxygens (including phenoxy) is 2. The third-order valence-electron chi connectivity index (χ3n) is 12.2. The molecule has 1 aromatic carbocycles. The number of carbonyl (C=O) groups is 1. The molecule has 2 saturated heterocycles. The van der Waals surface area contributed by atoms with Crippen LogP contribution in [0.2, 0.25) is 0 Å². The number of nitrogens with zero attached hydrogens (tertiary/aromatic N) is 1. The number of Topliss-reactive ketones (excluding diaryl/α,β-unsaturated/α-hetero) is 1. The van der Waals surface area contributed by atoms with E-state index in [1.807, 2.05) is 0 Å². The van der Waals surface area contributed by atoms with Crippen LogP contribution in [0.5, 0.6) is 0 Å². The van der Waals surface area contributed by atoms with Crippen molar-refractivity contribution in [2.75, 3.05) is 0 Å². The molecule has 0 aromatic heterocycles. The first kappa shape index (κ1) is 14.3. The van der Waals surface area contributed by atoms with Crippen molar-refractivity contribution in [2.45, 2.75) is 42.7 Å². The maximum atomic E-state index is 14.4. The maximum absolute atomic E-state index is 14.4. The van der Waals surface area contributed by atoms with E-state index in [0.717, 1.165) is 12.8 Å². The van der Waals surface area contributed by atoms with Crippen molar-refractivity contribution in [3.63, 3.8) is 0 Å². The van der Waals surface area contributed by atoms with Crippen LogP contribution in [0.25, 0.3) is 0 Å². The van der Waals surface area contributed by atoms with E-state index >= 15 is 0 Å². The van der Waals surface area contributed by atoms with Crippen molar-refractivity contribution in [2.24, 2.45) is 58.2 Å².